The Bertz CT molecular complexity index is 275. The molecule has 1 saturated heterocycles. The predicted molar refractivity (Wildman–Crippen MR) is 78.6 cm³/mol. The molecule has 2 N–H and O–H groups in total. The molecule has 0 bridgehead atoms. The van der Waals surface area contributed by atoms with Gasteiger partial charge in [0.2, 0.25) is 5.91 Å². The van der Waals surface area contributed by atoms with E-state index in [0.717, 1.165) is 39.3 Å². The highest BCUT2D eigenvalue weighted by Crippen LogP contribution is 2.06. The largest absolute Gasteiger partial charge is 0.380 e. The normalized spacial score (nSPS) is 18.6. The van der Waals surface area contributed by atoms with Crippen LogP contribution in [0.4, 0.5) is 0 Å². The molecule has 0 spiro atoms. The molecule has 1 atom stereocenters. The quantitative estimate of drug-likeness (QED) is 0.676. The maximum absolute atomic E-state index is 12.1. The van der Waals surface area contributed by atoms with Crippen molar-refractivity contribution in [2.45, 2.75) is 32.5 Å². The molecule has 20 heavy (non-hydrogen) atoms. The van der Waals surface area contributed by atoms with E-state index in [2.05, 4.69) is 4.90 Å². The lowest BCUT2D eigenvalue weighted by Crippen LogP contribution is -2.50. The Morgan fingerprint density at radius 2 is 1.90 bits per heavy atom. The molecule has 0 aromatic carbocycles. The fourth-order valence-corrected chi connectivity index (χ4v) is 2.23. The molecule has 0 aromatic rings. The zero-order chi connectivity index (χ0) is 15.0. The van der Waals surface area contributed by atoms with Crippen LogP contribution in [0.3, 0.4) is 0 Å². The molecule has 0 saturated carbocycles. The summed E-state index contributed by atoms with van der Waals surface area (Å²) in [6.07, 6.45) is 0.490. The van der Waals surface area contributed by atoms with Crippen molar-refractivity contribution in [3.8, 4) is 0 Å². The monoisotopic (exact) mass is 287 g/mol. The Morgan fingerprint density at radius 1 is 1.25 bits per heavy atom. The molecule has 0 aliphatic carbocycles. The first kappa shape index (κ1) is 17.4. The van der Waals surface area contributed by atoms with Crippen molar-refractivity contribution in [1.29, 1.82) is 0 Å². The standard InChI is InChI=1S/C14H29N3O3/c1-12(2)20-9-8-16-4-6-17(7-5-16)14(18)10-13(11-15)19-3/h12-13H,4-11,15H2,1-3H3. The lowest BCUT2D eigenvalue weighted by Gasteiger charge is -2.35. The van der Waals surface area contributed by atoms with E-state index in [1.807, 2.05) is 18.7 Å². The van der Waals surface area contributed by atoms with Crippen molar-refractivity contribution < 1.29 is 14.3 Å². The van der Waals surface area contributed by atoms with Gasteiger partial charge in [-0.15, -0.1) is 0 Å². The van der Waals surface area contributed by atoms with Gasteiger partial charge in [-0.2, -0.15) is 0 Å². The van der Waals surface area contributed by atoms with Gasteiger partial charge < -0.3 is 20.1 Å². The van der Waals surface area contributed by atoms with E-state index in [4.69, 9.17) is 15.2 Å². The van der Waals surface area contributed by atoms with Gasteiger partial charge in [-0.3, -0.25) is 9.69 Å². The summed E-state index contributed by atoms with van der Waals surface area (Å²) in [7, 11) is 1.59. The van der Waals surface area contributed by atoms with Crippen LogP contribution >= 0.6 is 0 Å². The van der Waals surface area contributed by atoms with Crippen LogP contribution in [-0.4, -0.2) is 80.9 Å². The van der Waals surface area contributed by atoms with E-state index < -0.39 is 0 Å². The molecule has 6 nitrogen and oxygen atoms in total. The van der Waals surface area contributed by atoms with Crippen LogP contribution in [0.2, 0.25) is 0 Å². The van der Waals surface area contributed by atoms with Gasteiger partial charge in [0.15, 0.2) is 0 Å². The first-order valence-corrected chi connectivity index (χ1v) is 7.41. The highest BCUT2D eigenvalue weighted by molar-refractivity contribution is 5.76. The van der Waals surface area contributed by atoms with E-state index in [1.165, 1.54) is 0 Å². The Morgan fingerprint density at radius 3 is 2.40 bits per heavy atom. The van der Waals surface area contributed by atoms with Gasteiger partial charge in [-0.1, -0.05) is 0 Å². The summed E-state index contributed by atoms with van der Waals surface area (Å²) in [6.45, 7) is 9.54. The number of amides is 1. The molecule has 1 aliphatic rings. The molecule has 118 valence electrons. The second-order valence-corrected chi connectivity index (χ2v) is 5.44. The Hall–Kier alpha value is -0.690. The van der Waals surface area contributed by atoms with E-state index in [0.29, 0.717) is 13.0 Å². The Kier molecular flexibility index (Phi) is 8.06. The third-order valence-corrected chi connectivity index (χ3v) is 3.58. The van der Waals surface area contributed by atoms with Crippen LogP contribution in [0, 0.1) is 0 Å². The van der Waals surface area contributed by atoms with Crippen molar-refractivity contribution in [2.75, 3.05) is 53.0 Å². The van der Waals surface area contributed by atoms with Crippen LogP contribution in [0.25, 0.3) is 0 Å². The van der Waals surface area contributed by atoms with E-state index >= 15 is 0 Å². The topological polar surface area (TPSA) is 68.0 Å². The van der Waals surface area contributed by atoms with E-state index in [-0.39, 0.29) is 18.1 Å². The average Bonchev–Trinajstić information content (AvgIpc) is 2.44. The highest BCUT2D eigenvalue weighted by Gasteiger charge is 2.22. The van der Waals surface area contributed by atoms with Crippen LogP contribution in [0.1, 0.15) is 20.3 Å². The smallest absolute Gasteiger partial charge is 0.225 e. The van der Waals surface area contributed by atoms with Crippen LogP contribution < -0.4 is 5.73 Å². The van der Waals surface area contributed by atoms with Crippen LogP contribution in [0.15, 0.2) is 0 Å². The summed E-state index contributed by atoms with van der Waals surface area (Å²) in [6, 6.07) is 0. The Labute approximate surface area is 122 Å². The number of methoxy groups -OCH3 is 1. The molecule has 1 aliphatic heterocycles. The van der Waals surface area contributed by atoms with E-state index in [1.54, 1.807) is 7.11 Å². The van der Waals surface area contributed by atoms with Gasteiger partial charge in [-0.05, 0) is 13.8 Å². The minimum atomic E-state index is -0.167. The fraction of sp³-hybridized carbons (Fsp3) is 0.929. The van der Waals surface area contributed by atoms with Gasteiger partial charge in [0, 0.05) is 46.4 Å². The first-order valence-electron chi connectivity index (χ1n) is 7.41. The molecule has 0 radical (unpaired) electrons. The van der Waals surface area contributed by atoms with Gasteiger partial charge in [0.05, 0.1) is 25.2 Å². The lowest BCUT2D eigenvalue weighted by atomic mass is 10.2. The number of hydrogen-bond donors (Lipinski definition) is 1. The fourth-order valence-electron chi connectivity index (χ4n) is 2.23. The molecule has 0 aromatic heterocycles. The molecule has 6 heteroatoms. The third kappa shape index (κ3) is 6.17. The SMILES string of the molecule is COC(CN)CC(=O)N1CCN(CCOC(C)C)CC1. The molecule has 1 rings (SSSR count). The van der Waals surface area contributed by atoms with Crippen LogP contribution in [-0.2, 0) is 14.3 Å². The maximum Gasteiger partial charge on any atom is 0.225 e. The molecule has 1 heterocycles. The second-order valence-electron chi connectivity index (χ2n) is 5.44. The number of nitrogens with two attached hydrogens (primary N) is 1. The number of carbonyl (C=O) groups excluding carboxylic acids is 1. The number of piperazine rings is 1. The summed E-state index contributed by atoms with van der Waals surface area (Å²) < 4.78 is 10.7. The molecular weight excluding hydrogens is 258 g/mol. The third-order valence-electron chi connectivity index (χ3n) is 3.58. The number of rotatable bonds is 8. The highest BCUT2D eigenvalue weighted by atomic mass is 16.5. The summed E-state index contributed by atoms with van der Waals surface area (Å²) in [5.41, 5.74) is 5.54. The summed E-state index contributed by atoms with van der Waals surface area (Å²) in [4.78, 5) is 16.3. The number of ether oxygens (including phenoxy) is 2. The lowest BCUT2D eigenvalue weighted by molar-refractivity contribution is -0.135. The van der Waals surface area contributed by atoms with E-state index in [9.17, 15) is 4.79 Å². The predicted octanol–water partition coefficient (Wildman–Crippen LogP) is -0.0806. The first-order chi connectivity index (χ1) is 9.56. The maximum atomic E-state index is 12.1. The van der Waals surface area contributed by atoms with Gasteiger partial charge in [0.25, 0.3) is 0 Å². The van der Waals surface area contributed by atoms with Crippen molar-refractivity contribution in [2.24, 2.45) is 5.73 Å². The summed E-state index contributed by atoms with van der Waals surface area (Å²) >= 11 is 0. The summed E-state index contributed by atoms with van der Waals surface area (Å²) in [5.74, 6) is 0.139. The minimum Gasteiger partial charge on any atom is -0.380 e. The van der Waals surface area contributed by atoms with Gasteiger partial charge >= 0.3 is 0 Å². The summed E-state index contributed by atoms with van der Waals surface area (Å²) in [5, 5.41) is 0. The van der Waals surface area contributed by atoms with Crippen molar-refractivity contribution in [3.63, 3.8) is 0 Å². The van der Waals surface area contributed by atoms with Gasteiger partial charge in [0.1, 0.15) is 0 Å². The van der Waals surface area contributed by atoms with Gasteiger partial charge in [-0.25, -0.2) is 0 Å². The second kappa shape index (κ2) is 9.28. The number of carbonyl (C=O) groups is 1. The minimum absolute atomic E-state index is 0.139. The van der Waals surface area contributed by atoms with Crippen molar-refractivity contribution >= 4 is 5.91 Å². The number of hydrogen-bond acceptors (Lipinski definition) is 5. The molecule has 1 unspecified atom stereocenters. The molecular formula is C14H29N3O3. The average molecular weight is 287 g/mol. The van der Waals surface area contributed by atoms with Crippen LogP contribution in [0.5, 0.6) is 0 Å². The Balaban J connectivity index is 2.22. The zero-order valence-electron chi connectivity index (χ0n) is 13.0. The zero-order valence-corrected chi connectivity index (χ0v) is 13.0. The number of nitrogens with zero attached hydrogens (tertiary/aromatic N) is 2. The van der Waals surface area contributed by atoms with Crippen molar-refractivity contribution in [1.82, 2.24) is 9.80 Å². The molecule has 1 fully saturated rings. The molecule has 1 amide bonds. The van der Waals surface area contributed by atoms with Crippen molar-refractivity contribution in [3.05, 3.63) is 0 Å².